The Balaban J connectivity index is 0.000000348. The number of hydrogen-bond donors (Lipinski definition) is 0. The van der Waals surface area contributed by atoms with E-state index in [4.69, 9.17) is 0 Å². The van der Waals surface area contributed by atoms with Crippen LogP contribution in [0.5, 0.6) is 0 Å². The van der Waals surface area contributed by atoms with E-state index in [9.17, 15) is 9.18 Å². The van der Waals surface area contributed by atoms with Crippen LogP contribution in [-0.2, 0) is 0 Å². The molecular weight excluding hydrogens is 465 g/mol. The number of carbonyl (C=O) groups excluding carboxylic acids is 1. The van der Waals surface area contributed by atoms with E-state index in [1.807, 2.05) is 58.9 Å². The van der Waals surface area contributed by atoms with Crippen molar-refractivity contribution in [2.75, 3.05) is 26.2 Å². The summed E-state index contributed by atoms with van der Waals surface area (Å²) in [4.78, 5) is 21.7. The van der Waals surface area contributed by atoms with Crippen LogP contribution in [0.3, 0.4) is 0 Å². The molecule has 0 bridgehead atoms. The summed E-state index contributed by atoms with van der Waals surface area (Å²) in [6.45, 7) is 10.7. The number of amides is 1. The van der Waals surface area contributed by atoms with Crippen molar-refractivity contribution in [3.8, 4) is 11.3 Å². The number of hydrogen-bond acceptors (Lipinski definition) is 4. The lowest BCUT2D eigenvalue weighted by molar-refractivity contribution is 0.0707. The van der Waals surface area contributed by atoms with Gasteiger partial charge in [0.25, 0.3) is 5.91 Å². The third-order valence-corrected chi connectivity index (χ3v) is 7.58. The molecule has 2 aromatic heterocycles. The number of likely N-dealkylation sites (tertiary alicyclic amines) is 2. The lowest BCUT2D eigenvalue weighted by atomic mass is 10.1. The Morgan fingerprint density at radius 3 is 2.51 bits per heavy atom. The molecule has 3 aromatic rings. The summed E-state index contributed by atoms with van der Waals surface area (Å²) >= 11 is 0. The lowest BCUT2D eigenvalue weighted by Crippen LogP contribution is -2.42. The van der Waals surface area contributed by atoms with Crippen LogP contribution in [0.4, 0.5) is 4.39 Å². The summed E-state index contributed by atoms with van der Waals surface area (Å²) in [7, 11) is 0. The minimum atomic E-state index is -0.721. The van der Waals surface area contributed by atoms with Crippen molar-refractivity contribution in [1.29, 1.82) is 0 Å². The molecule has 1 saturated carbocycles. The zero-order valence-corrected chi connectivity index (χ0v) is 22.1. The Kier molecular flexibility index (Phi) is 7.70. The van der Waals surface area contributed by atoms with E-state index in [-0.39, 0.29) is 11.9 Å². The van der Waals surface area contributed by atoms with Gasteiger partial charge in [0, 0.05) is 43.3 Å². The Bertz CT molecular complexity index is 1250. The molecule has 0 radical (unpaired) electrons. The number of halogens is 1. The summed E-state index contributed by atoms with van der Waals surface area (Å²) < 4.78 is 15.3. The minimum absolute atomic E-state index is 0.0622. The maximum Gasteiger partial charge on any atom is 0.254 e. The Morgan fingerprint density at radius 2 is 1.86 bits per heavy atom. The van der Waals surface area contributed by atoms with E-state index in [0.717, 1.165) is 61.0 Å². The number of allylic oxidation sites excluding steroid dienone is 1. The topological polar surface area (TPSA) is 53.7 Å². The molecule has 0 N–H and O–H groups in total. The number of fused-ring (bicyclic) bond motifs is 1. The fraction of sp³-hybridized carbons (Fsp3) is 0.500. The number of imidazole rings is 1. The van der Waals surface area contributed by atoms with Crippen LogP contribution in [0.1, 0.15) is 61.5 Å². The van der Waals surface area contributed by atoms with Gasteiger partial charge in [-0.3, -0.25) is 9.69 Å². The molecule has 1 aromatic carbocycles. The molecule has 1 amide bonds. The Labute approximate surface area is 219 Å². The van der Waals surface area contributed by atoms with Crippen LogP contribution in [0.15, 0.2) is 54.7 Å². The van der Waals surface area contributed by atoms with Gasteiger partial charge in [-0.05, 0) is 82.6 Å². The first-order valence-corrected chi connectivity index (χ1v) is 13.6. The second-order valence-corrected chi connectivity index (χ2v) is 11.0. The van der Waals surface area contributed by atoms with Gasteiger partial charge in [0.05, 0.1) is 17.6 Å². The van der Waals surface area contributed by atoms with Gasteiger partial charge in [0.1, 0.15) is 6.17 Å². The predicted molar refractivity (Wildman–Crippen MR) is 145 cm³/mol. The molecule has 1 aliphatic carbocycles. The second-order valence-electron chi connectivity index (χ2n) is 11.0. The molecular formula is C30H38FN5O. The van der Waals surface area contributed by atoms with Gasteiger partial charge in [-0.25, -0.2) is 13.9 Å². The second kappa shape index (κ2) is 11.1. The molecule has 3 fully saturated rings. The van der Waals surface area contributed by atoms with Crippen LogP contribution in [0, 0.1) is 12.8 Å². The molecule has 0 spiro atoms. The molecule has 2 unspecified atom stereocenters. The predicted octanol–water partition coefficient (Wildman–Crippen LogP) is 5.72. The number of benzene rings is 1. The fourth-order valence-corrected chi connectivity index (χ4v) is 5.47. The first kappa shape index (κ1) is 25.6. The van der Waals surface area contributed by atoms with Gasteiger partial charge in [-0.2, -0.15) is 5.10 Å². The molecule has 6 rings (SSSR count). The standard InChI is InChI=1S/C23H26FN5O.C7H12/c1-16-4-9-22-25-13-21(29(22)26-16)17-5-7-18(8-6-17)23(30)28-11-2-3-20(28)15-27-12-10-19(24)14-27;1-6(2)5-7-3-4-7/h4-9,13,19-20H,2-3,10-12,14-15H2,1H3;7H,1,3-5H2,2H3. The van der Waals surface area contributed by atoms with E-state index in [1.165, 1.54) is 24.8 Å². The average Bonchev–Trinajstić information content (AvgIpc) is 3.23. The van der Waals surface area contributed by atoms with Crippen LogP contribution in [0.2, 0.25) is 0 Å². The number of aromatic nitrogens is 3. The Morgan fingerprint density at radius 1 is 1.08 bits per heavy atom. The highest BCUT2D eigenvalue weighted by Crippen LogP contribution is 2.34. The zero-order valence-electron chi connectivity index (χ0n) is 22.1. The van der Waals surface area contributed by atoms with Crippen molar-refractivity contribution >= 4 is 11.6 Å². The summed E-state index contributed by atoms with van der Waals surface area (Å²) in [6, 6.07) is 11.7. The van der Waals surface area contributed by atoms with E-state index in [2.05, 4.69) is 28.5 Å². The highest BCUT2D eigenvalue weighted by Gasteiger charge is 2.33. The summed E-state index contributed by atoms with van der Waals surface area (Å²) in [5, 5.41) is 4.54. The van der Waals surface area contributed by atoms with Crippen molar-refractivity contribution in [3.63, 3.8) is 0 Å². The van der Waals surface area contributed by atoms with Gasteiger partial charge < -0.3 is 4.90 Å². The summed E-state index contributed by atoms with van der Waals surface area (Å²) in [6.07, 6.45) is 7.88. The third kappa shape index (κ3) is 6.27. The van der Waals surface area contributed by atoms with E-state index in [1.54, 1.807) is 0 Å². The normalized spacial score (nSPS) is 21.8. The van der Waals surface area contributed by atoms with Gasteiger partial charge in [0.2, 0.25) is 0 Å². The minimum Gasteiger partial charge on any atom is -0.334 e. The molecule has 196 valence electrons. The summed E-state index contributed by atoms with van der Waals surface area (Å²) in [5.74, 6) is 1.09. The van der Waals surface area contributed by atoms with Gasteiger partial charge in [0.15, 0.2) is 5.65 Å². The quantitative estimate of drug-likeness (QED) is 0.404. The van der Waals surface area contributed by atoms with Crippen LogP contribution >= 0.6 is 0 Å². The van der Waals surface area contributed by atoms with Crippen molar-refractivity contribution in [2.24, 2.45) is 5.92 Å². The number of aryl methyl sites for hydroxylation is 1. The van der Waals surface area contributed by atoms with E-state index < -0.39 is 6.17 Å². The van der Waals surface area contributed by atoms with Crippen molar-refractivity contribution in [1.82, 2.24) is 24.4 Å². The van der Waals surface area contributed by atoms with Crippen molar-refractivity contribution in [2.45, 2.75) is 64.6 Å². The van der Waals surface area contributed by atoms with Crippen molar-refractivity contribution < 1.29 is 9.18 Å². The number of carbonyl (C=O) groups is 1. The Hall–Kier alpha value is -3.06. The SMILES string of the molecule is C=C(C)CC1CC1.Cc1ccc2ncc(-c3ccc(C(=O)N4CCCC4CN4CCC(F)C4)cc3)n2n1. The van der Waals surface area contributed by atoms with Crippen LogP contribution in [0.25, 0.3) is 16.9 Å². The molecule has 4 heterocycles. The third-order valence-electron chi connectivity index (χ3n) is 7.58. The van der Waals surface area contributed by atoms with Gasteiger partial charge >= 0.3 is 0 Å². The van der Waals surface area contributed by atoms with Crippen LogP contribution in [-0.4, -0.2) is 68.7 Å². The molecule has 2 aliphatic heterocycles. The van der Waals surface area contributed by atoms with Gasteiger partial charge in [-0.1, -0.05) is 17.7 Å². The van der Waals surface area contributed by atoms with Gasteiger partial charge in [-0.15, -0.1) is 6.58 Å². The highest BCUT2D eigenvalue weighted by atomic mass is 19.1. The van der Waals surface area contributed by atoms with Crippen molar-refractivity contribution in [3.05, 3.63) is 66.0 Å². The molecule has 6 nitrogen and oxygen atoms in total. The first-order valence-electron chi connectivity index (χ1n) is 13.6. The smallest absolute Gasteiger partial charge is 0.254 e. The zero-order chi connectivity index (χ0) is 25.9. The molecule has 2 saturated heterocycles. The largest absolute Gasteiger partial charge is 0.334 e. The molecule has 2 atom stereocenters. The number of nitrogens with zero attached hydrogens (tertiary/aromatic N) is 5. The fourth-order valence-electron chi connectivity index (χ4n) is 5.47. The van der Waals surface area contributed by atoms with Crippen LogP contribution < -0.4 is 0 Å². The lowest BCUT2D eigenvalue weighted by Gasteiger charge is -2.28. The maximum atomic E-state index is 13.5. The molecule has 7 heteroatoms. The summed E-state index contributed by atoms with van der Waals surface area (Å²) in [5.41, 5.74) is 5.64. The van der Waals surface area contributed by atoms with E-state index >= 15 is 0 Å². The van der Waals surface area contributed by atoms with E-state index in [0.29, 0.717) is 18.5 Å². The highest BCUT2D eigenvalue weighted by molar-refractivity contribution is 5.95. The number of alkyl halides is 1. The first-order chi connectivity index (χ1) is 17.9. The molecule has 37 heavy (non-hydrogen) atoms. The monoisotopic (exact) mass is 503 g/mol. The molecule has 3 aliphatic rings. The maximum absolute atomic E-state index is 13.5. The number of rotatable bonds is 6. The average molecular weight is 504 g/mol.